The van der Waals surface area contributed by atoms with Gasteiger partial charge in [-0.3, -0.25) is 0 Å². The van der Waals surface area contributed by atoms with Gasteiger partial charge in [0.25, 0.3) is 0 Å². The molecule has 0 aromatic heterocycles. The number of hydrogen-bond donors (Lipinski definition) is 0. The summed E-state index contributed by atoms with van der Waals surface area (Å²) in [7, 11) is 0. The molecule has 0 nitrogen and oxygen atoms in total. The van der Waals surface area contributed by atoms with E-state index in [0.717, 1.165) is 33.5 Å². The molecule has 2 heteroatoms. The molecule has 0 saturated heterocycles. The zero-order valence-corrected chi connectivity index (χ0v) is 14.7. The molecule has 0 amide bonds. The van der Waals surface area contributed by atoms with Crippen LogP contribution < -0.4 is 0 Å². The van der Waals surface area contributed by atoms with E-state index in [-0.39, 0.29) is 0 Å². The van der Waals surface area contributed by atoms with Crippen LogP contribution in [-0.4, -0.2) is 8.35 Å². The SMILES string of the molecule is CC[C@@H]1C[C@H](C)[C@H]([C@H](C)[C@@H](C)I)[C@@H]1CI. The lowest BCUT2D eigenvalue weighted by molar-refractivity contribution is 0.231. The number of rotatable bonds is 4. The number of alkyl halides is 2. The molecular weight excluding hydrogens is 410 g/mol. The molecule has 1 saturated carbocycles. The standard InChI is InChI=1S/C13H24I2/c1-5-11-6-8(2)13(12(11)7-14)9(3)10(4)15/h8-13H,5-7H2,1-4H3/t8-,9+,10+,11+,12+,13+/m0/s1. The predicted octanol–water partition coefficient (Wildman–Crippen LogP) is 5.18. The summed E-state index contributed by atoms with van der Waals surface area (Å²) in [5.74, 6) is 4.79. The molecule has 0 aliphatic heterocycles. The third-order valence-electron chi connectivity index (χ3n) is 4.47. The molecule has 1 aliphatic rings. The monoisotopic (exact) mass is 434 g/mol. The lowest BCUT2D eigenvalue weighted by Gasteiger charge is -2.31. The zero-order valence-electron chi connectivity index (χ0n) is 10.3. The van der Waals surface area contributed by atoms with Gasteiger partial charge < -0.3 is 0 Å². The van der Waals surface area contributed by atoms with Crippen molar-refractivity contribution in [2.75, 3.05) is 4.43 Å². The van der Waals surface area contributed by atoms with Gasteiger partial charge in [-0.2, -0.15) is 0 Å². The van der Waals surface area contributed by atoms with Crippen LogP contribution in [-0.2, 0) is 0 Å². The second-order valence-electron chi connectivity index (χ2n) is 5.31. The van der Waals surface area contributed by atoms with Crippen LogP contribution in [0.2, 0.25) is 0 Å². The van der Waals surface area contributed by atoms with E-state index < -0.39 is 0 Å². The van der Waals surface area contributed by atoms with Gasteiger partial charge in [0.1, 0.15) is 0 Å². The van der Waals surface area contributed by atoms with Gasteiger partial charge in [-0.1, -0.05) is 79.3 Å². The van der Waals surface area contributed by atoms with E-state index >= 15 is 0 Å². The minimum absolute atomic E-state index is 0.816. The van der Waals surface area contributed by atoms with Crippen molar-refractivity contribution in [3.63, 3.8) is 0 Å². The first-order chi connectivity index (χ1) is 7.02. The maximum Gasteiger partial charge on any atom is 0.0110 e. The summed E-state index contributed by atoms with van der Waals surface area (Å²) < 4.78 is 2.18. The first kappa shape index (κ1) is 14.5. The van der Waals surface area contributed by atoms with Gasteiger partial charge in [-0.05, 0) is 36.0 Å². The van der Waals surface area contributed by atoms with Crippen LogP contribution in [0.3, 0.4) is 0 Å². The van der Waals surface area contributed by atoms with E-state index in [2.05, 4.69) is 72.9 Å². The van der Waals surface area contributed by atoms with Crippen molar-refractivity contribution in [3.8, 4) is 0 Å². The van der Waals surface area contributed by atoms with Crippen LogP contribution in [0, 0.1) is 29.6 Å². The molecule has 0 unspecified atom stereocenters. The Morgan fingerprint density at radius 1 is 1.33 bits per heavy atom. The summed E-state index contributed by atoms with van der Waals surface area (Å²) in [4.78, 5) is 0. The molecule has 90 valence electrons. The van der Waals surface area contributed by atoms with E-state index in [9.17, 15) is 0 Å². The fourth-order valence-electron chi connectivity index (χ4n) is 3.46. The molecule has 0 spiro atoms. The lowest BCUT2D eigenvalue weighted by atomic mass is 9.78. The molecule has 0 bridgehead atoms. The predicted molar refractivity (Wildman–Crippen MR) is 86.1 cm³/mol. The Morgan fingerprint density at radius 2 is 1.93 bits per heavy atom. The van der Waals surface area contributed by atoms with Crippen LogP contribution in [0.5, 0.6) is 0 Å². The molecule has 0 N–H and O–H groups in total. The smallest absolute Gasteiger partial charge is 0.0110 e. The normalized spacial score (nSPS) is 40.4. The van der Waals surface area contributed by atoms with E-state index in [1.807, 2.05) is 0 Å². The molecule has 0 radical (unpaired) electrons. The molecule has 0 heterocycles. The Kier molecular flexibility index (Phi) is 6.20. The van der Waals surface area contributed by atoms with Crippen molar-refractivity contribution in [2.45, 2.75) is 44.5 Å². The largest absolute Gasteiger partial charge is 0.0861 e. The third-order valence-corrected chi connectivity index (χ3v) is 6.62. The fraction of sp³-hybridized carbons (Fsp3) is 1.00. The van der Waals surface area contributed by atoms with Crippen molar-refractivity contribution in [3.05, 3.63) is 0 Å². The van der Waals surface area contributed by atoms with Gasteiger partial charge in [0.15, 0.2) is 0 Å². The Bertz CT molecular complexity index is 191. The van der Waals surface area contributed by atoms with Crippen molar-refractivity contribution in [1.29, 1.82) is 0 Å². The van der Waals surface area contributed by atoms with Crippen LogP contribution in [0.1, 0.15) is 40.5 Å². The molecule has 1 rings (SSSR count). The van der Waals surface area contributed by atoms with Crippen molar-refractivity contribution >= 4 is 45.2 Å². The molecule has 6 atom stereocenters. The molecule has 0 aromatic rings. The van der Waals surface area contributed by atoms with Gasteiger partial charge in [0.05, 0.1) is 0 Å². The highest BCUT2D eigenvalue weighted by molar-refractivity contribution is 14.1. The average molecular weight is 434 g/mol. The molecular formula is C13H24I2. The molecule has 0 aromatic carbocycles. The quantitative estimate of drug-likeness (QED) is 0.423. The number of hydrogen-bond acceptors (Lipinski definition) is 0. The topological polar surface area (TPSA) is 0 Å². The minimum Gasteiger partial charge on any atom is -0.0861 e. The van der Waals surface area contributed by atoms with Crippen molar-refractivity contribution in [1.82, 2.24) is 0 Å². The average Bonchev–Trinajstić information content (AvgIpc) is 2.52. The summed E-state index contributed by atoms with van der Waals surface area (Å²) in [5, 5.41) is 0. The summed E-state index contributed by atoms with van der Waals surface area (Å²) in [6.45, 7) is 9.70. The Morgan fingerprint density at radius 3 is 2.33 bits per heavy atom. The van der Waals surface area contributed by atoms with Crippen molar-refractivity contribution in [2.24, 2.45) is 29.6 Å². The highest BCUT2D eigenvalue weighted by Gasteiger charge is 2.42. The van der Waals surface area contributed by atoms with Gasteiger partial charge in [0.2, 0.25) is 0 Å². The van der Waals surface area contributed by atoms with Gasteiger partial charge in [-0.25, -0.2) is 0 Å². The second kappa shape index (κ2) is 6.41. The van der Waals surface area contributed by atoms with Gasteiger partial charge in [-0.15, -0.1) is 0 Å². The Balaban J connectivity index is 2.76. The van der Waals surface area contributed by atoms with E-state index in [1.54, 1.807) is 0 Å². The van der Waals surface area contributed by atoms with Crippen molar-refractivity contribution < 1.29 is 0 Å². The Labute approximate surface area is 123 Å². The van der Waals surface area contributed by atoms with Crippen LogP contribution >= 0.6 is 45.2 Å². The van der Waals surface area contributed by atoms with Crippen LogP contribution in [0.4, 0.5) is 0 Å². The van der Waals surface area contributed by atoms with Gasteiger partial charge >= 0.3 is 0 Å². The summed E-state index contributed by atoms with van der Waals surface area (Å²) in [6, 6.07) is 0. The maximum absolute atomic E-state index is 2.61. The molecule has 15 heavy (non-hydrogen) atoms. The first-order valence-corrected chi connectivity index (χ1v) is 9.00. The van der Waals surface area contributed by atoms with E-state index in [1.165, 1.54) is 17.3 Å². The van der Waals surface area contributed by atoms with E-state index in [4.69, 9.17) is 0 Å². The second-order valence-corrected chi connectivity index (χ2v) is 8.16. The maximum atomic E-state index is 2.61. The third kappa shape index (κ3) is 3.23. The Hall–Kier alpha value is 1.46. The first-order valence-electron chi connectivity index (χ1n) is 6.22. The lowest BCUT2D eigenvalue weighted by Crippen LogP contribution is -2.28. The molecule has 1 aliphatic carbocycles. The molecule has 1 fully saturated rings. The zero-order chi connectivity index (χ0) is 11.6. The highest BCUT2D eigenvalue weighted by Crippen LogP contribution is 2.48. The van der Waals surface area contributed by atoms with Gasteiger partial charge in [0, 0.05) is 8.35 Å². The van der Waals surface area contributed by atoms with Crippen LogP contribution in [0.15, 0.2) is 0 Å². The van der Waals surface area contributed by atoms with Crippen LogP contribution in [0.25, 0.3) is 0 Å². The fourth-order valence-corrected chi connectivity index (χ4v) is 5.24. The highest BCUT2D eigenvalue weighted by atomic mass is 127. The summed E-state index contributed by atoms with van der Waals surface area (Å²) in [5.41, 5.74) is 0. The minimum atomic E-state index is 0.816. The summed E-state index contributed by atoms with van der Waals surface area (Å²) >= 11 is 5.22. The number of halogens is 2. The van der Waals surface area contributed by atoms with E-state index in [0.29, 0.717) is 0 Å². The summed E-state index contributed by atoms with van der Waals surface area (Å²) in [6.07, 6.45) is 2.86.